The van der Waals surface area contributed by atoms with Crippen molar-refractivity contribution >= 4 is 0 Å². The van der Waals surface area contributed by atoms with E-state index in [2.05, 4.69) is 42.2 Å². The molecule has 1 aliphatic heterocycles. The van der Waals surface area contributed by atoms with E-state index in [1.807, 2.05) is 0 Å². The summed E-state index contributed by atoms with van der Waals surface area (Å²) < 4.78 is 0. The lowest BCUT2D eigenvalue weighted by Crippen LogP contribution is -2.40. The van der Waals surface area contributed by atoms with Crippen molar-refractivity contribution in [1.82, 2.24) is 4.90 Å². The van der Waals surface area contributed by atoms with Gasteiger partial charge in [-0.15, -0.1) is 0 Å². The van der Waals surface area contributed by atoms with Gasteiger partial charge in [0.2, 0.25) is 0 Å². The van der Waals surface area contributed by atoms with Crippen LogP contribution in [0.15, 0.2) is 30.3 Å². The molecule has 0 unspecified atom stereocenters. The lowest BCUT2D eigenvalue weighted by molar-refractivity contribution is 0.0839. The lowest BCUT2D eigenvalue weighted by atomic mass is 9.92. The van der Waals surface area contributed by atoms with E-state index in [0.29, 0.717) is 18.6 Å². The van der Waals surface area contributed by atoms with Crippen molar-refractivity contribution < 1.29 is 5.11 Å². The number of piperidine rings is 1. The highest BCUT2D eigenvalue weighted by Gasteiger charge is 2.24. The Bertz CT molecular complexity index is 312. The minimum atomic E-state index is 0.351. The molecule has 2 heteroatoms. The summed E-state index contributed by atoms with van der Waals surface area (Å²) in [6.45, 7) is 4.77. The fourth-order valence-electron chi connectivity index (χ4n) is 2.54. The lowest BCUT2D eigenvalue weighted by Gasteiger charge is -2.37. The maximum absolute atomic E-state index is 9.17. The smallest absolute Gasteiger partial charge is 0.0460 e. The Kier molecular flexibility index (Phi) is 3.97. The van der Waals surface area contributed by atoms with E-state index < -0.39 is 0 Å². The molecule has 0 bridgehead atoms. The molecular weight excluding hydrogens is 198 g/mol. The molecule has 16 heavy (non-hydrogen) atoms. The molecule has 0 amide bonds. The molecule has 1 N–H and O–H groups in total. The van der Waals surface area contributed by atoms with Crippen molar-refractivity contribution in [2.45, 2.75) is 32.4 Å². The fourth-order valence-corrected chi connectivity index (χ4v) is 2.54. The molecule has 1 aromatic rings. The van der Waals surface area contributed by atoms with Crippen LogP contribution in [0.2, 0.25) is 0 Å². The molecule has 2 atom stereocenters. The second-order valence-corrected chi connectivity index (χ2v) is 4.88. The minimum absolute atomic E-state index is 0.351. The van der Waals surface area contributed by atoms with Gasteiger partial charge in [0.1, 0.15) is 0 Å². The number of aliphatic hydroxyl groups excluding tert-OH is 1. The zero-order chi connectivity index (χ0) is 11.4. The van der Waals surface area contributed by atoms with Crippen LogP contribution in [-0.2, 0) is 6.54 Å². The van der Waals surface area contributed by atoms with Crippen LogP contribution in [0.3, 0.4) is 0 Å². The predicted molar refractivity (Wildman–Crippen MR) is 66.1 cm³/mol. The van der Waals surface area contributed by atoms with E-state index in [4.69, 9.17) is 5.11 Å². The molecule has 0 saturated carbocycles. The van der Waals surface area contributed by atoms with Crippen molar-refractivity contribution in [3.05, 3.63) is 35.9 Å². The van der Waals surface area contributed by atoms with Crippen LogP contribution in [0, 0.1) is 5.92 Å². The van der Waals surface area contributed by atoms with Crippen LogP contribution >= 0.6 is 0 Å². The zero-order valence-corrected chi connectivity index (χ0v) is 9.97. The Balaban J connectivity index is 1.92. The standard InChI is InChI=1S/C14H21NO/c1-12-9-14(11-16)7-8-15(12)10-13-5-3-2-4-6-13/h2-6,12,14,16H,7-11H2,1H3/t12-,14+/m0/s1. The molecule has 1 heterocycles. The topological polar surface area (TPSA) is 23.5 Å². The molecule has 0 radical (unpaired) electrons. The van der Waals surface area contributed by atoms with E-state index in [0.717, 1.165) is 25.9 Å². The Labute approximate surface area is 97.9 Å². The largest absolute Gasteiger partial charge is 0.396 e. The predicted octanol–water partition coefficient (Wildman–Crippen LogP) is 2.28. The molecule has 0 spiro atoms. The van der Waals surface area contributed by atoms with Gasteiger partial charge in [-0.1, -0.05) is 30.3 Å². The molecule has 1 fully saturated rings. The van der Waals surface area contributed by atoms with Crippen molar-refractivity contribution in [1.29, 1.82) is 0 Å². The molecular formula is C14H21NO. The van der Waals surface area contributed by atoms with Gasteiger partial charge in [0.25, 0.3) is 0 Å². The summed E-state index contributed by atoms with van der Waals surface area (Å²) in [6.07, 6.45) is 2.26. The minimum Gasteiger partial charge on any atom is -0.396 e. The zero-order valence-electron chi connectivity index (χ0n) is 9.97. The third-order valence-electron chi connectivity index (χ3n) is 3.61. The SMILES string of the molecule is C[C@H]1C[C@H](CO)CCN1Cc1ccccc1. The Morgan fingerprint density at radius 1 is 1.31 bits per heavy atom. The van der Waals surface area contributed by atoms with Gasteiger partial charge in [-0.2, -0.15) is 0 Å². The third kappa shape index (κ3) is 2.83. The number of aliphatic hydroxyl groups is 1. The van der Waals surface area contributed by atoms with Gasteiger partial charge < -0.3 is 5.11 Å². The maximum Gasteiger partial charge on any atom is 0.0460 e. The van der Waals surface area contributed by atoms with Gasteiger partial charge in [0.05, 0.1) is 0 Å². The second kappa shape index (κ2) is 5.46. The van der Waals surface area contributed by atoms with E-state index in [9.17, 15) is 0 Å². The van der Waals surface area contributed by atoms with E-state index in [1.165, 1.54) is 5.56 Å². The van der Waals surface area contributed by atoms with Gasteiger partial charge >= 0.3 is 0 Å². The fraction of sp³-hybridized carbons (Fsp3) is 0.571. The normalized spacial score (nSPS) is 26.9. The molecule has 1 aromatic carbocycles. The van der Waals surface area contributed by atoms with Crippen LogP contribution < -0.4 is 0 Å². The first kappa shape index (κ1) is 11.6. The van der Waals surface area contributed by atoms with Crippen molar-refractivity contribution in [2.75, 3.05) is 13.2 Å². The first-order valence-electron chi connectivity index (χ1n) is 6.18. The second-order valence-electron chi connectivity index (χ2n) is 4.88. The van der Waals surface area contributed by atoms with Crippen molar-refractivity contribution in [3.8, 4) is 0 Å². The van der Waals surface area contributed by atoms with Crippen LogP contribution in [0.5, 0.6) is 0 Å². The maximum atomic E-state index is 9.17. The quantitative estimate of drug-likeness (QED) is 0.843. The number of benzene rings is 1. The van der Waals surface area contributed by atoms with Crippen LogP contribution in [-0.4, -0.2) is 29.2 Å². The Morgan fingerprint density at radius 3 is 2.69 bits per heavy atom. The number of hydrogen-bond acceptors (Lipinski definition) is 2. The van der Waals surface area contributed by atoms with Crippen molar-refractivity contribution in [2.24, 2.45) is 5.92 Å². The number of hydrogen-bond donors (Lipinski definition) is 1. The van der Waals surface area contributed by atoms with E-state index in [-0.39, 0.29) is 0 Å². The van der Waals surface area contributed by atoms with Gasteiger partial charge in [-0.3, -0.25) is 4.90 Å². The summed E-state index contributed by atoms with van der Waals surface area (Å²) in [6, 6.07) is 11.2. The van der Waals surface area contributed by atoms with Gasteiger partial charge in [0, 0.05) is 19.2 Å². The van der Waals surface area contributed by atoms with Gasteiger partial charge in [0.15, 0.2) is 0 Å². The van der Waals surface area contributed by atoms with Crippen molar-refractivity contribution in [3.63, 3.8) is 0 Å². The van der Waals surface area contributed by atoms with E-state index in [1.54, 1.807) is 0 Å². The highest BCUT2D eigenvalue weighted by atomic mass is 16.3. The van der Waals surface area contributed by atoms with Gasteiger partial charge in [-0.05, 0) is 37.8 Å². The van der Waals surface area contributed by atoms with Crippen LogP contribution in [0.25, 0.3) is 0 Å². The molecule has 2 rings (SSSR count). The number of likely N-dealkylation sites (tertiary alicyclic amines) is 1. The first-order chi connectivity index (χ1) is 7.79. The molecule has 0 aliphatic carbocycles. The Morgan fingerprint density at radius 2 is 2.06 bits per heavy atom. The monoisotopic (exact) mass is 219 g/mol. The Hall–Kier alpha value is -0.860. The molecule has 2 nitrogen and oxygen atoms in total. The highest BCUT2D eigenvalue weighted by Crippen LogP contribution is 2.23. The summed E-state index contributed by atoms with van der Waals surface area (Å²) in [5, 5.41) is 9.17. The summed E-state index contributed by atoms with van der Waals surface area (Å²) in [5.74, 6) is 0.516. The molecule has 88 valence electrons. The van der Waals surface area contributed by atoms with Crippen LogP contribution in [0.1, 0.15) is 25.3 Å². The summed E-state index contributed by atoms with van der Waals surface area (Å²) in [5.41, 5.74) is 1.39. The highest BCUT2D eigenvalue weighted by molar-refractivity contribution is 5.14. The van der Waals surface area contributed by atoms with Gasteiger partial charge in [-0.25, -0.2) is 0 Å². The average molecular weight is 219 g/mol. The summed E-state index contributed by atoms with van der Waals surface area (Å²) in [7, 11) is 0. The molecule has 1 saturated heterocycles. The first-order valence-corrected chi connectivity index (χ1v) is 6.18. The summed E-state index contributed by atoms with van der Waals surface area (Å²) >= 11 is 0. The van der Waals surface area contributed by atoms with E-state index >= 15 is 0 Å². The van der Waals surface area contributed by atoms with Crippen LogP contribution in [0.4, 0.5) is 0 Å². The number of rotatable bonds is 3. The number of nitrogens with zero attached hydrogens (tertiary/aromatic N) is 1. The molecule has 1 aliphatic rings. The summed E-state index contributed by atoms with van der Waals surface area (Å²) in [4.78, 5) is 2.52. The third-order valence-corrected chi connectivity index (χ3v) is 3.61. The molecule has 0 aromatic heterocycles. The average Bonchev–Trinajstić information content (AvgIpc) is 2.33.